The van der Waals surface area contributed by atoms with E-state index in [0.717, 1.165) is 6.08 Å². The Bertz CT molecular complexity index is 441. The Morgan fingerprint density at radius 3 is 1.57 bits per heavy atom. The molecule has 0 unspecified atom stereocenters. The largest absolute Gasteiger partial charge is 0.463 e. The van der Waals surface area contributed by atoms with Gasteiger partial charge in [-0.3, -0.25) is 10.6 Å². The maximum absolute atomic E-state index is 11.9. The summed E-state index contributed by atoms with van der Waals surface area (Å²) < 4.78 is 4.78. The summed E-state index contributed by atoms with van der Waals surface area (Å²) in [7, 11) is 0. The summed E-state index contributed by atoms with van der Waals surface area (Å²) in [5.41, 5.74) is -0.931. The van der Waals surface area contributed by atoms with Crippen molar-refractivity contribution in [3.05, 3.63) is 11.9 Å². The molecule has 0 aromatic carbocycles. The third-order valence-corrected chi connectivity index (χ3v) is 2.02. The maximum atomic E-state index is 11.9. The average molecular weight is 328 g/mol. The molecular formula is C15H28N4O4. The van der Waals surface area contributed by atoms with Gasteiger partial charge in [0, 0.05) is 11.1 Å². The standard InChI is InChI=1S/C15H28N4O4/c1-8-23-11(20)9-10(16-12(21)18-14(2,3)4)17-13(22)19-15(5,6)7/h9H,8H2,1-7H3,(H2,16,18,21)(H2,17,19,22). The van der Waals surface area contributed by atoms with Gasteiger partial charge in [-0.15, -0.1) is 0 Å². The Kier molecular flexibility index (Phi) is 7.58. The van der Waals surface area contributed by atoms with Crippen LogP contribution >= 0.6 is 0 Å². The number of rotatable bonds is 4. The molecule has 0 aliphatic heterocycles. The molecule has 4 amide bonds. The predicted octanol–water partition coefficient (Wildman–Crippen LogP) is 1.59. The minimum atomic E-state index is -0.672. The second-order valence-corrected chi connectivity index (χ2v) is 6.97. The third kappa shape index (κ3) is 12.0. The minimum Gasteiger partial charge on any atom is -0.463 e. The van der Waals surface area contributed by atoms with Gasteiger partial charge in [0.05, 0.1) is 12.7 Å². The second kappa shape index (κ2) is 8.40. The molecule has 0 aromatic heterocycles. The van der Waals surface area contributed by atoms with Crippen molar-refractivity contribution in [1.29, 1.82) is 0 Å². The highest BCUT2D eigenvalue weighted by atomic mass is 16.5. The Balaban J connectivity index is 4.99. The summed E-state index contributed by atoms with van der Waals surface area (Å²) in [5, 5.41) is 10.2. The number of carbonyl (C=O) groups is 3. The van der Waals surface area contributed by atoms with Crippen LogP contribution in [0.15, 0.2) is 11.9 Å². The van der Waals surface area contributed by atoms with Crippen molar-refractivity contribution in [1.82, 2.24) is 21.3 Å². The molecule has 0 radical (unpaired) electrons. The van der Waals surface area contributed by atoms with E-state index >= 15 is 0 Å². The van der Waals surface area contributed by atoms with Crippen LogP contribution in [0.2, 0.25) is 0 Å². The molecule has 4 N–H and O–H groups in total. The van der Waals surface area contributed by atoms with Crippen molar-refractivity contribution in [3.63, 3.8) is 0 Å². The molecule has 23 heavy (non-hydrogen) atoms. The zero-order valence-corrected chi connectivity index (χ0v) is 14.9. The van der Waals surface area contributed by atoms with E-state index in [1.165, 1.54) is 0 Å². The first-order valence-corrected chi connectivity index (χ1v) is 7.39. The van der Waals surface area contributed by atoms with Crippen molar-refractivity contribution in [3.8, 4) is 0 Å². The first-order chi connectivity index (χ1) is 10.3. The molecule has 0 aliphatic carbocycles. The summed E-state index contributed by atoms with van der Waals surface area (Å²) in [6.45, 7) is 12.7. The van der Waals surface area contributed by atoms with Crippen molar-refractivity contribution < 1.29 is 19.1 Å². The van der Waals surface area contributed by atoms with E-state index in [1.807, 2.05) is 0 Å². The summed E-state index contributed by atoms with van der Waals surface area (Å²) in [6.07, 6.45) is 1.01. The van der Waals surface area contributed by atoms with Crippen LogP contribution in [0.4, 0.5) is 9.59 Å². The summed E-state index contributed by atoms with van der Waals surface area (Å²) in [6, 6.07) is -1.10. The lowest BCUT2D eigenvalue weighted by molar-refractivity contribution is -0.137. The van der Waals surface area contributed by atoms with E-state index < -0.39 is 29.1 Å². The smallest absolute Gasteiger partial charge is 0.334 e. The quantitative estimate of drug-likeness (QED) is 0.464. The van der Waals surface area contributed by atoms with Crippen molar-refractivity contribution >= 4 is 18.0 Å². The molecule has 0 saturated carbocycles. The van der Waals surface area contributed by atoms with Crippen molar-refractivity contribution in [2.45, 2.75) is 59.5 Å². The molecule has 0 heterocycles. The molecule has 8 nitrogen and oxygen atoms in total. The van der Waals surface area contributed by atoms with Crippen LogP contribution in [0.1, 0.15) is 48.5 Å². The Morgan fingerprint density at radius 2 is 1.26 bits per heavy atom. The highest BCUT2D eigenvalue weighted by Gasteiger charge is 2.18. The topological polar surface area (TPSA) is 109 Å². The molecule has 0 atom stereocenters. The first kappa shape index (κ1) is 20.8. The first-order valence-electron chi connectivity index (χ1n) is 7.39. The highest BCUT2D eigenvalue weighted by molar-refractivity contribution is 5.87. The van der Waals surface area contributed by atoms with Crippen LogP contribution in [0.25, 0.3) is 0 Å². The van der Waals surface area contributed by atoms with Gasteiger partial charge in [0.2, 0.25) is 0 Å². The van der Waals surface area contributed by atoms with Crippen molar-refractivity contribution in [2.75, 3.05) is 6.61 Å². The predicted molar refractivity (Wildman–Crippen MR) is 87.6 cm³/mol. The summed E-state index contributed by atoms with van der Waals surface area (Å²) in [4.78, 5) is 35.3. The fraction of sp³-hybridized carbons (Fsp3) is 0.667. The maximum Gasteiger partial charge on any atom is 0.334 e. The van der Waals surface area contributed by atoms with Gasteiger partial charge in [0.15, 0.2) is 0 Å². The Labute approximate surface area is 137 Å². The van der Waals surface area contributed by atoms with Gasteiger partial charge in [-0.1, -0.05) is 0 Å². The number of ether oxygens (including phenoxy) is 1. The number of carbonyl (C=O) groups excluding carboxylic acids is 3. The number of hydrogen-bond acceptors (Lipinski definition) is 4. The van der Waals surface area contributed by atoms with Crippen LogP contribution < -0.4 is 21.3 Å². The van der Waals surface area contributed by atoms with Crippen LogP contribution in [0.5, 0.6) is 0 Å². The second-order valence-electron chi connectivity index (χ2n) is 6.97. The molecule has 0 saturated heterocycles. The molecule has 0 spiro atoms. The fourth-order valence-corrected chi connectivity index (χ4v) is 1.39. The zero-order valence-electron chi connectivity index (χ0n) is 14.9. The highest BCUT2D eigenvalue weighted by Crippen LogP contribution is 2.00. The SMILES string of the molecule is CCOC(=O)C=C(NC(=O)NC(C)(C)C)NC(=O)NC(C)(C)C. The van der Waals surface area contributed by atoms with Gasteiger partial charge in [0.25, 0.3) is 0 Å². The lowest BCUT2D eigenvalue weighted by Gasteiger charge is -2.23. The molecule has 0 fully saturated rings. The van der Waals surface area contributed by atoms with Gasteiger partial charge < -0.3 is 15.4 Å². The lowest BCUT2D eigenvalue weighted by Crippen LogP contribution is -2.51. The van der Waals surface area contributed by atoms with Crippen LogP contribution in [-0.4, -0.2) is 35.7 Å². The number of nitrogens with one attached hydrogen (secondary N) is 4. The lowest BCUT2D eigenvalue weighted by atomic mass is 10.1. The number of amides is 4. The number of esters is 1. The van der Waals surface area contributed by atoms with E-state index in [2.05, 4.69) is 21.3 Å². The molecule has 0 aliphatic rings. The third-order valence-electron chi connectivity index (χ3n) is 2.02. The zero-order chi connectivity index (χ0) is 18.3. The van der Waals surface area contributed by atoms with Crippen LogP contribution in [-0.2, 0) is 9.53 Å². The van der Waals surface area contributed by atoms with Gasteiger partial charge >= 0.3 is 18.0 Å². The van der Waals surface area contributed by atoms with E-state index in [1.54, 1.807) is 48.5 Å². The molecule has 0 bridgehead atoms. The molecular weight excluding hydrogens is 300 g/mol. The van der Waals surface area contributed by atoms with Gasteiger partial charge in [-0.2, -0.15) is 0 Å². The summed E-state index contributed by atoms with van der Waals surface area (Å²) in [5.74, 6) is -0.749. The molecule has 132 valence electrons. The van der Waals surface area contributed by atoms with Crippen LogP contribution in [0.3, 0.4) is 0 Å². The van der Waals surface area contributed by atoms with E-state index in [4.69, 9.17) is 4.74 Å². The molecule has 8 heteroatoms. The monoisotopic (exact) mass is 328 g/mol. The van der Waals surface area contributed by atoms with Crippen LogP contribution in [0, 0.1) is 0 Å². The average Bonchev–Trinajstić information content (AvgIpc) is 2.22. The van der Waals surface area contributed by atoms with Crippen molar-refractivity contribution in [2.24, 2.45) is 0 Å². The normalized spacial score (nSPS) is 11.1. The molecule has 0 aromatic rings. The molecule has 0 rings (SSSR count). The Hall–Kier alpha value is -2.25. The number of urea groups is 2. The van der Waals surface area contributed by atoms with E-state index in [9.17, 15) is 14.4 Å². The Morgan fingerprint density at radius 1 is 0.870 bits per heavy atom. The van der Waals surface area contributed by atoms with Gasteiger partial charge in [0.1, 0.15) is 5.82 Å². The summed E-state index contributed by atoms with van der Waals surface area (Å²) >= 11 is 0. The van der Waals surface area contributed by atoms with E-state index in [-0.39, 0.29) is 12.4 Å². The minimum absolute atomic E-state index is 0.0769. The number of hydrogen-bond donors (Lipinski definition) is 4. The van der Waals surface area contributed by atoms with E-state index in [0.29, 0.717) is 0 Å². The van der Waals surface area contributed by atoms with Gasteiger partial charge in [-0.25, -0.2) is 14.4 Å². The van der Waals surface area contributed by atoms with Gasteiger partial charge in [-0.05, 0) is 48.5 Å². The fourth-order valence-electron chi connectivity index (χ4n) is 1.39.